The van der Waals surface area contributed by atoms with E-state index in [0.29, 0.717) is 18.8 Å². The lowest BCUT2D eigenvalue weighted by Gasteiger charge is -2.17. The monoisotopic (exact) mass is 459 g/mol. The molecule has 2 atom stereocenters. The lowest BCUT2D eigenvalue weighted by Crippen LogP contribution is -2.35. The molecular weight excluding hydrogens is 430 g/mol. The van der Waals surface area contributed by atoms with Gasteiger partial charge in [0.05, 0.1) is 17.4 Å². The zero-order valence-corrected chi connectivity index (χ0v) is 19.1. The molecule has 2 N–H and O–H groups in total. The highest BCUT2D eigenvalue weighted by Gasteiger charge is 2.34. The fourth-order valence-electron chi connectivity index (χ4n) is 3.65. The van der Waals surface area contributed by atoms with Crippen LogP contribution in [0.15, 0.2) is 59.5 Å². The summed E-state index contributed by atoms with van der Waals surface area (Å²) in [7, 11) is -2.18. The number of benzene rings is 2. The molecular formula is C23H29N3O5S. The Labute approximate surface area is 189 Å². The maximum absolute atomic E-state index is 12.6. The molecule has 0 spiro atoms. The molecule has 1 aliphatic heterocycles. The highest BCUT2D eigenvalue weighted by Crippen LogP contribution is 2.21. The van der Waals surface area contributed by atoms with Gasteiger partial charge in [0, 0.05) is 38.3 Å². The Kier molecular flexibility index (Phi) is 8.00. The van der Waals surface area contributed by atoms with E-state index >= 15 is 0 Å². The molecule has 8 nitrogen and oxygen atoms in total. The first-order valence-electron chi connectivity index (χ1n) is 10.5. The number of hydrogen-bond donors (Lipinski definition) is 2. The minimum atomic E-state index is -3.68. The topological polar surface area (TPSA) is 105 Å². The van der Waals surface area contributed by atoms with E-state index in [1.165, 1.54) is 31.4 Å². The molecule has 32 heavy (non-hydrogen) atoms. The summed E-state index contributed by atoms with van der Waals surface area (Å²) in [5, 5.41) is 2.79. The third-order valence-corrected chi connectivity index (χ3v) is 6.91. The summed E-state index contributed by atoms with van der Waals surface area (Å²) < 4.78 is 32.3. The van der Waals surface area contributed by atoms with Crippen LogP contribution in [0.2, 0.25) is 0 Å². The first-order chi connectivity index (χ1) is 15.3. The Morgan fingerprint density at radius 1 is 1.16 bits per heavy atom. The normalized spacial score (nSPS) is 17.4. The summed E-state index contributed by atoms with van der Waals surface area (Å²) in [6.07, 6.45) is 0.919. The molecule has 3 rings (SSSR count). The van der Waals surface area contributed by atoms with Crippen molar-refractivity contribution >= 4 is 27.5 Å². The molecule has 2 amide bonds. The van der Waals surface area contributed by atoms with Gasteiger partial charge >= 0.3 is 0 Å². The quantitative estimate of drug-likeness (QED) is 0.566. The van der Waals surface area contributed by atoms with Gasteiger partial charge in [0.25, 0.3) is 0 Å². The molecule has 0 saturated carbocycles. The second-order valence-corrected chi connectivity index (χ2v) is 9.68. The first-order valence-corrected chi connectivity index (χ1v) is 12.0. The summed E-state index contributed by atoms with van der Waals surface area (Å²) in [5.74, 6) is -0.708. The van der Waals surface area contributed by atoms with Crippen molar-refractivity contribution in [3.8, 4) is 0 Å². The van der Waals surface area contributed by atoms with Crippen LogP contribution in [0.25, 0.3) is 0 Å². The first kappa shape index (κ1) is 23.9. The lowest BCUT2D eigenvalue weighted by atomic mass is 10.1. The number of ether oxygens (including phenoxy) is 1. The van der Waals surface area contributed by atoms with Crippen LogP contribution in [0.1, 0.15) is 18.9 Å². The minimum Gasteiger partial charge on any atom is -0.383 e. The summed E-state index contributed by atoms with van der Waals surface area (Å²) in [4.78, 5) is 26.8. The van der Waals surface area contributed by atoms with Crippen LogP contribution in [-0.2, 0) is 30.8 Å². The number of methoxy groups -OCH3 is 1. The fourth-order valence-corrected chi connectivity index (χ4v) is 4.88. The summed E-state index contributed by atoms with van der Waals surface area (Å²) in [5.41, 5.74) is 1.63. The van der Waals surface area contributed by atoms with E-state index in [1.54, 1.807) is 11.8 Å². The molecule has 1 fully saturated rings. The van der Waals surface area contributed by atoms with Gasteiger partial charge in [-0.05, 0) is 43.2 Å². The van der Waals surface area contributed by atoms with Crippen molar-refractivity contribution in [3.63, 3.8) is 0 Å². The number of anilines is 1. The van der Waals surface area contributed by atoms with Gasteiger partial charge in [-0.15, -0.1) is 0 Å². The molecule has 0 bridgehead atoms. The van der Waals surface area contributed by atoms with Gasteiger partial charge < -0.3 is 15.0 Å². The Morgan fingerprint density at radius 2 is 1.84 bits per heavy atom. The number of carbonyl (C=O) groups excluding carboxylic acids is 2. The van der Waals surface area contributed by atoms with E-state index in [4.69, 9.17) is 4.74 Å². The zero-order chi connectivity index (χ0) is 23.1. The molecule has 2 aromatic rings. The van der Waals surface area contributed by atoms with Gasteiger partial charge in [-0.25, -0.2) is 13.1 Å². The van der Waals surface area contributed by atoms with Gasteiger partial charge in [-0.1, -0.05) is 30.3 Å². The fraction of sp³-hybridized carbons (Fsp3) is 0.391. The van der Waals surface area contributed by atoms with Crippen molar-refractivity contribution in [2.24, 2.45) is 5.92 Å². The minimum absolute atomic E-state index is 0.0289. The second-order valence-electron chi connectivity index (χ2n) is 7.97. The van der Waals surface area contributed by atoms with Crippen molar-refractivity contribution in [3.05, 3.63) is 60.2 Å². The van der Waals surface area contributed by atoms with E-state index < -0.39 is 15.9 Å². The van der Waals surface area contributed by atoms with Crippen LogP contribution in [0.5, 0.6) is 0 Å². The lowest BCUT2D eigenvalue weighted by molar-refractivity contribution is -0.128. The molecule has 1 heterocycles. The third kappa shape index (κ3) is 6.38. The number of carbonyl (C=O) groups is 2. The standard InChI is InChI=1S/C23H29N3O5S/c1-17(16-31-2)25-32(29,30)21-10-8-20(9-11-21)24-23(28)19-14-22(27)26(15-19)13-12-18-6-4-3-5-7-18/h3-11,17,19,25H,12-16H2,1-2H3,(H,24,28)/t17-,19-/m0/s1. The molecule has 2 aromatic carbocycles. The van der Waals surface area contributed by atoms with Crippen molar-refractivity contribution in [1.82, 2.24) is 9.62 Å². The maximum Gasteiger partial charge on any atom is 0.240 e. The van der Waals surface area contributed by atoms with E-state index in [1.807, 2.05) is 30.3 Å². The van der Waals surface area contributed by atoms with Crippen LogP contribution < -0.4 is 10.0 Å². The van der Waals surface area contributed by atoms with Gasteiger partial charge in [-0.3, -0.25) is 9.59 Å². The third-order valence-electron chi connectivity index (χ3n) is 5.30. The Bertz CT molecular complexity index is 1030. The number of nitrogens with zero attached hydrogens (tertiary/aromatic N) is 1. The second kappa shape index (κ2) is 10.7. The van der Waals surface area contributed by atoms with Crippen LogP contribution >= 0.6 is 0 Å². The van der Waals surface area contributed by atoms with E-state index in [0.717, 1.165) is 12.0 Å². The summed E-state index contributed by atoms with van der Waals surface area (Å²) in [6.45, 7) is 2.93. The summed E-state index contributed by atoms with van der Waals surface area (Å²) >= 11 is 0. The van der Waals surface area contributed by atoms with Crippen molar-refractivity contribution in [2.75, 3.05) is 32.1 Å². The predicted molar refractivity (Wildman–Crippen MR) is 122 cm³/mol. The average Bonchev–Trinajstić information content (AvgIpc) is 3.14. The smallest absolute Gasteiger partial charge is 0.240 e. The van der Waals surface area contributed by atoms with E-state index in [-0.39, 0.29) is 35.8 Å². The van der Waals surface area contributed by atoms with Gasteiger partial charge in [0.1, 0.15) is 0 Å². The largest absolute Gasteiger partial charge is 0.383 e. The van der Waals surface area contributed by atoms with Gasteiger partial charge in [0.2, 0.25) is 21.8 Å². The average molecular weight is 460 g/mol. The Morgan fingerprint density at radius 3 is 2.50 bits per heavy atom. The Balaban J connectivity index is 1.54. The van der Waals surface area contributed by atoms with Crippen LogP contribution in [-0.4, -0.2) is 58.0 Å². The maximum atomic E-state index is 12.6. The number of likely N-dealkylation sites (tertiary alicyclic amines) is 1. The molecule has 172 valence electrons. The molecule has 0 aliphatic carbocycles. The molecule has 0 unspecified atom stereocenters. The van der Waals surface area contributed by atoms with Gasteiger partial charge in [0.15, 0.2) is 0 Å². The van der Waals surface area contributed by atoms with Crippen LogP contribution in [0.4, 0.5) is 5.69 Å². The van der Waals surface area contributed by atoms with Crippen LogP contribution in [0.3, 0.4) is 0 Å². The highest BCUT2D eigenvalue weighted by atomic mass is 32.2. The molecule has 1 aliphatic rings. The highest BCUT2D eigenvalue weighted by molar-refractivity contribution is 7.89. The zero-order valence-electron chi connectivity index (χ0n) is 18.3. The van der Waals surface area contributed by atoms with Crippen molar-refractivity contribution < 1.29 is 22.7 Å². The van der Waals surface area contributed by atoms with Crippen molar-refractivity contribution in [2.45, 2.75) is 30.7 Å². The molecule has 0 aromatic heterocycles. The SMILES string of the molecule is COC[C@H](C)NS(=O)(=O)c1ccc(NC(=O)[C@H]2CC(=O)N(CCc3ccccc3)C2)cc1. The number of hydrogen-bond acceptors (Lipinski definition) is 5. The molecule has 9 heteroatoms. The number of sulfonamides is 1. The Hall–Kier alpha value is -2.75. The predicted octanol–water partition coefficient (Wildman–Crippen LogP) is 2.03. The van der Waals surface area contributed by atoms with E-state index in [9.17, 15) is 18.0 Å². The number of amides is 2. The number of rotatable bonds is 10. The van der Waals surface area contributed by atoms with Crippen LogP contribution in [0, 0.1) is 5.92 Å². The van der Waals surface area contributed by atoms with Crippen molar-refractivity contribution in [1.29, 1.82) is 0 Å². The molecule has 0 radical (unpaired) electrons. The van der Waals surface area contributed by atoms with Gasteiger partial charge in [-0.2, -0.15) is 0 Å². The van der Waals surface area contributed by atoms with E-state index in [2.05, 4.69) is 10.0 Å². The summed E-state index contributed by atoms with van der Waals surface area (Å²) in [6, 6.07) is 15.5. The molecule has 1 saturated heterocycles. The number of nitrogens with one attached hydrogen (secondary N) is 2.